The number of nitriles is 1. The summed E-state index contributed by atoms with van der Waals surface area (Å²) in [5, 5.41) is 17.5. The Balaban J connectivity index is 2.15. The summed E-state index contributed by atoms with van der Waals surface area (Å²) < 4.78 is 0. The van der Waals surface area contributed by atoms with Gasteiger partial charge in [-0.1, -0.05) is 6.92 Å². The lowest BCUT2D eigenvalue weighted by atomic mass is 9.86. The number of unbranched alkanes of at least 4 members (excludes halogenated alkanes) is 1. The van der Waals surface area contributed by atoms with Crippen LogP contribution in [0, 0.1) is 23.2 Å². The predicted molar refractivity (Wildman–Crippen MR) is 60.3 cm³/mol. The number of hydrogen-bond acceptors (Lipinski definition) is 3. The van der Waals surface area contributed by atoms with Crippen molar-refractivity contribution in [2.24, 2.45) is 11.8 Å². The van der Waals surface area contributed by atoms with Gasteiger partial charge in [0.1, 0.15) is 0 Å². The van der Waals surface area contributed by atoms with Gasteiger partial charge in [0, 0.05) is 13.0 Å². The monoisotopic (exact) mass is 210 g/mol. The molecule has 0 amide bonds. The first kappa shape index (κ1) is 12.5. The highest BCUT2D eigenvalue weighted by atomic mass is 16.3. The van der Waals surface area contributed by atoms with E-state index >= 15 is 0 Å². The van der Waals surface area contributed by atoms with Gasteiger partial charge in [0.05, 0.1) is 6.07 Å². The molecule has 1 heterocycles. The molecule has 1 aliphatic rings. The molecule has 3 nitrogen and oxygen atoms in total. The number of hydrogen-bond donors (Lipinski definition) is 1. The second kappa shape index (κ2) is 6.81. The molecular weight excluding hydrogens is 188 g/mol. The number of likely N-dealkylation sites (tertiary alicyclic amines) is 1. The van der Waals surface area contributed by atoms with Crippen LogP contribution in [0.5, 0.6) is 0 Å². The van der Waals surface area contributed by atoms with E-state index in [0.29, 0.717) is 24.9 Å². The minimum Gasteiger partial charge on any atom is -0.396 e. The second-order valence-electron chi connectivity index (χ2n) is 4.60. The van der Waals surface area contributed by atoms with Crippen molar-refractivity contribution in [3.63, 3.8) is 0 Å². The average molecular weight is 210 g/mol. The molecule has 1 aliphatic heterocycles. The number of aliphatic hydroxyl groups excluding tert-OH is 1. The van der Waals surface area contributed by atoms with Crippen molar-refractivity contribution in [3.8, 4) is 6.07 Å². The van der Waals surface area contributed by atoms with Crippen LogP contribution >= 0.6 is 0 Å². The molecule has 0 bridgehead atoms. The van der Waals surface area contributed by atoms with E-state index in [1.165, 1.54) is 12.8 Å². The van der Waals surface area contributed by atoms with Crippen LogP contribution in [0.4, 0.5) is 0 Å². The zero-order valence-electron chi connectivity index (χ0n) is 9.65. The topological polar surface area (TPSA) is 47.3 Å². The zero-order valence-corrected chi connectivity index (χ0v) is 9.65. The van der Waals surface area contributed by atoms with Crippen molar-refractivity contribution in [3.05, 3.63) is 0 Å². The molecule has 0 aromatic carbocycles. The van der Waals surface area contributed by atoms with E-state index in [2.05, 4.69) is 17.9 Å². The number of aliphatic hydroxyl groups is 1. The molecule has 0 radical (unpaired) electrons. The predicted octanol–water partition coefficient (Wildman–Crippen LogP) is 1.63. The minimum atomic E-state index is 0.319. The van der Waals surface area contributed by atoms with E-state index < -0.39 is 0 Å². The average Bonchev–Trinajstić information content (AvgIpc) is 2.29. The summed E-state index contributed by atoms with van der Waals surface area (Å²) in [7, 11) is 0. The maximum absolute atomic E-state index is 9.08. The first-order chi connectivity index (χ1) is 7.27. The van der Waals surface area contributed by atoms with Crippen LogP contribution in [0.3, 0.4) is 0 Å². The Kier molecular flexibility index (Phi) is 5.67. The quantitative estimate of drug-likeness (QED) is 0.702. The Labute approximate surface area is 92.7 Å². The van der Waals surface area contributed by atoms with E-state index in [9.17, 15) is 0 Å². The largest absolute Gasteiger partial charge is 0.396 e. The van der Waals surface area contributed by atoms with Gasteiger partial charge < -0.3 is 10.0 Å². The second-order valence-corrected chi connectivity index (χ2v) is 4.60. The maximum atomic E-state index is 9.08. The summed E-state index contributed by atoms with van der Waals surface area (Å²) in [6, 6.07) is 2.18. The van der Waals surface area contributed by atoms with E-state index in [4.69, 9.17) is 10.4 Å². The molecule has 1 unspecified atom stereocenters. The van der Waals surface area contributed by atoms with Crippen LogP contribution in [0.25, 0.3) is 0 Å². The molecule has 0 aromatic heterocycles. The Morgan fingerprint density at radius 1 is 1.47 bits per heavy atom. The molecule has 1 atom stereocenters. The Bertz CT molecular complexity index is 204. The molecule has 0 aliphatic carbocycles. The number of rotatable bonds is 5. The Morgan fingerprint density at radius 2 is 2.13 bits per heavy atom. The lowest BCUT2D eigenvalue weighted by molar-refractivity contribution is 0.115. The molecule has 1 fully saturated rings. The van der Waals surface area contributed by atoms with E-state index in [1.807, 2.05) is 0 Å². The van der Waals surface area contributed by atoms with Gasteiger partial charge in [-0.2, -0.15) is 5.26 Å². The molecule has 1 N–H and O–H groups in total. The van der Waals surface area contributed by atoms with Crippen molar-refractivity contribution >= 4 is 0 Å². The van der Waals surface area contributed by atoms with Crippen LogP contribution < -0.4 is 0 Å². The van der Waals surface area contributed by atoms with Gasteiger partial charge in [0.25, 0.3) is 0 Å². The zero-order chi connectivity index (χ0) is 11.1. The van der Waals surface area contributed by atoms with Crippen LogP contribution in [0.15, 0.2) is 0 Å². The van der Waals surface area contributed by atoms with Gasteiger partial charge in [-0.25, -0.2) is 0 Å². The van der Waals surface area contributed by atoms with Crippen LogP contribution in [0.2, 0.25) is 0 Å². The molecule has 0 aromatic rings. The van der Waals surface area contributed by atoms with Crippen LogP contribution in [-0.4, -0.2) is 36.2 Å². The van der Waals surface area contributed by atoms with E-state index in [1.54, 1.807) is 0 Å². The smallest absolute Gasteiger partial charge is 0.0622 e. The maximum Gasteiger partial charge on any atom is 0.0622 e. The summed E-state index contributed by atoms with van der Waals surface area (Å²) >= 11 is 0. The molecule has 3 heteroatoms. The third kappa shape index (κ3) is 4.19. The molecule has 1 rings (SSSR count). The van der Waals surface area contributed by atoms with Gasteiger partial charge in [-0.15, -0.1) is 0 Å². The number of nitrogens with zero attached hydrogens (tertiary/aromatic N) is 2. The third-order valence-corrected chi connectivity index (χ3v) is 3.49. The number of piperidine rings is 1. The molecule has 86 valence electrons. The summed E-state index contributed by atoms with van der Waals surface area (Å²) in [4.78, 5) is 2.44. The standard InChI is InChI=1S/C12H22N2O/c1-11(10-15)12-4-8-14(9-5-12)7-3-2-6-13/h11-12,15H,2-5,7-10H2,1H3. The Hall–Kier alpha value is -0.590. The van der Waals surface area contributed by atoms with Crippen molar-refractivity contribution < 1.29 is 5.11 Å². The highest BCUT2D eigenvalue weighted by Crippen LogP contribution is 2.24. The Morgan fingerprint density at radius 3 is 2.67 bits per heavy atom. The fraction of sp³-hybridized carbons (Fsp3) is 0.917. The minimum absolute atomic E-state index is 0.319. The van der Waals surface area contributed by atoms with Gasteiger partial charge in [0.2, 0.25) is 0 Å². The highest BCUT2D eigenvalue weighted by molar-refractivity contribution is 4.77. The first-order valence-electron chi connectivity index (χ1n) is 5.98. The first-order valence-corrected chi connectivity index (χ1v) is 5.98. The van der Waals surface area contributed by atoms with Gasteiger partial charge >= 0.3 is 0 Å². The lowest BCUT2D eigenvalue weighted by Gasteiger charge is -2.34. The molecule has 0 spiro atoms. The van der Waals surface area contributed by atoms with Gasteiger partial charge in [-0.05, 0) is 50.7 Å². The fourth-order valence-electron chi connectivity index (χ4n) is 2.28. The highest BCUT2D eigenvalue weighted by Gasteiger charge is 2.22. The van der Waals surface area contributed by atoms with Crippen molar-refractivity contribution in [1.82, 2.24) is 4.90 Å². The summed E-state index contributed by atoms with van der Waals surface area (Å²) in [6.07, 6.45) is 4.08. The van der Waals surface area contributed by atoms with Crippen molar-refractivity contribution in [1.29, 1.82) is 5.26 Å². The fourth-order valence-corrected chi connectivity index (χ4v) is 2.28. The van der Waals surface area contributed by atoms with Gasteiger partial charge in [0.15, 0.2) is 0 Å². The van der Waals surface area contributed by atoms with E-state index in [0.717, 1.165) is 26.1 Å². The SMILES string of the molecule is CC(CO)C1CCN(CCCC#N)CC1. The van der Waals surface area contributed by atoms with Crippen LogP contribution in [0.1, 0.15) is 32.6 Å². The molecular formula is C12H22N2O. The van der Waals surface area contributed by atoms with Crippen molar-refractivity contribution in [2.75, 3.05) is 26.2 Å². The molecule has 1 saturated heterocycles. The normalized spacial score (nSPS) is 21.1. The summed E-state index contributed by atoms with van der Waals surface area (Å²) in [5.74, 6) is 1.15. The van der Waals surface area contributed by atoms with Gasteiger partial charge in [-0.3, -0.25) is 0 Å². The van der Waals surface area contributed by atoms with Crippen molar-refractivity contribution in [2.45, 2.75) is 32.6 Å². The molecule has 15 heavy (non-hydrogen) atoms. The summed E-state index contributed by atoms with van der Waals surface area (Å²) in [5.41, 5.74) is 0. The molecule has 0 saturated carbocycles. The van der Waals surface area contributed by atoms with Crippen LogP contribution in [-0.2, 0) is 0 Å². The third-order valence-electron chi connectivity index (χ3n) is 3.49. The van der Waals surface area contributed by atoms with E-state index in [-0.39, 0.29) is 0 Å². The lowest BCUT2D eigenvalue weighted by Crippen LogP contribution is -2.36. The summed E-state index contributed by atoms with van der Waals surface area (Å²) in [6.45, 7) is 5.80.